The Morgan fingerprint density at radius 2 is 2.13 bits per heavy atom. The van der Waals surface area contributed by atoms with Crippen LogP contribution < -0.4 is 16.6 Å². The fourth-order valence-electron chi connectivity index (χ4n) is 1.27. The van der Waals surface area contributed by atoms with Gasteiger partial charge >= 0.3 is 5.69 Å². The summed E-state index contributed by atoms with van der Waals surface area (Å²) < 4.78 is 0. The van der Waals surface area contributed by atoms with Gasteiger partial charge in [0, 0.05) is 12.6 Å². The number of rotatable bonds is 4. The summed E-state index contributed by atoms with van der Waals surface area (Å²) in [4.78, 5) is 26.0. The van der Waals surface area contributed by atoms with Crippen molar-refractivity contribution in [2.45, 2.75) is 13.0 Å². The highest BCUT2D eigenvalue weighted by molar-refractivity contribution is 5.29. The minimum atomic E-state index is -0.606. The summed E-state index contributed by atoms with van der Waals surface area (Å²) in [6.07, 6.45) is 0. The van der Waals surface area contributed by atoms with E-state index >= 15 is 0 Å². The third-order valence-electron chi connectivity index (χ3n) is 1.73. The van der Waals surface area contributed by atoms with Crippen molar-refractivity contribution in [3.05, 3.63) is 20.8 Å². The predicted molar refractivity (Wildman–Crippen MR) is 57.1 cm³/mol. The first-order valence-electron chi connectivity index (χ1n) is 4.59. The Hall–Kier alpha value is -1.63. The van der Waals surface area contributed by atoms with Crippen LogP contribution in [-0.2, 0) is 0 Å². The quantitative estimate of drug-likeness (QED) is 0.585. The van der Waals surface area contributed by atoms with Gasteiger partial charge in [-0.05, 0) is 21.0 Å². The number of hydrogen-bond acceptors (Lipinski definition) is 5. The zero-order chi connectivity index (χ0) is 11.4. The number of likely N-dealkylation sites (N-methyl/N-ethyl adjacent to an activating group) is 1. The van der Waals surface area contributed by atoms with Gasteiger partial charge in [-0.15, -0.1) is 5.10 Å². The van der Waals surface area contributed by atoms with E-state index in [2.05, 4.69) is 20.5 Å². The van der Waals surface area contributed by atoms with Gasteiger partial charge in [0.15, 0.2) is 0 Å². The number of anilines is 1. The first-order chi connectivity index (χ1) is 6.99. The second-order valence-electron chi connectivity index (χ2n) is 3.66. The number of nitrogens with zero attached hydrogens (tertiary/aromatic N) is 2. The van der Waals surface area contributed by atoms with Crippen LogP contribution in [0.15, 0.2) is 9.59 Å². The molecule has 0 aliphatic rings. The van der Waals surface area contributed by atoms with Gasteiger partial charge in [0.05, 0.1) is 0 Å². The molecule has 0 aliphatic carbocycles. The molecule has 0 fully saturated rings. The Morgan fingerprint density at radius 3 is 2.67 bits per heavy atom. The minimum Gasteiger partial charge on any atom is -0.360 e. The molecule has 1 aromatic heterocycles. The van der Waals surface area contributed by atoms with E-state index in [-0.39, 0.29) is 11.9 Å². The first-order valence-corrected chi connectivity index (χ1v) is 4.59. The molecule has 7 heteroatoms. The fourth-order valence-corrected chi connectivity index (χ4v) is 1.27. The largest absolute Gasteiger partial charge is 0.360 e. The van der Waals surface area contributed by atoms with Crippen LogP contribution in [0.4, 0.5) is 5.82 Å². The molecule has 1 aromatic rings. The average Bonchev–Trinajstić information content (AvgIpc) is 2.08. The molecule has 0 amide bonds. The molecular weight excluding hydrogens is 198 g/mol. The van der Waals surface area contributed by atoms with E-state index in [0.717, 1.165) is 6.54 Å². The van der Waals surface area contributed by atoms with Crippen molar-refractivity contribution in [1.82, 2.24) is 20.1 Å². The summed E-state index contributed by atoms with van der Waals surface area (Å²) in [5, 5.41) is 8.68. The van der Waals surface area contributed by atoms with E-state index in [0.29, 0.717) is 0 Å². The average molecular weight is 213 g/mol. The fraction of sp³-hybridized carbons (Fsp3) is 0.625. The highest BCUT2D eigenvalue weighted by atomic mass is 16.2. The van der Waals surface area contributed by atoms with Crippen LogP contribution in [0.25, 0.3) is 0 Å². The lowest BCUT2D eigenvalue weighted by atomic mass is 10.3. The van der Waals surface area contributed by atoms with E-state index in [1.54, 1.807) is 0 Å². The number of H-pyrrole nitrogens is 2. The predicted octanol–water partition coefficient (Wildman–Crippen LogP) is -1.18. The second kappa shape index (κ2) is 4.74. The standard InChI is InChI=1S/C8H15N5O2/c1-5(4-13(2)3)9-6-7(14)10-8(15)12-11-6/h5H,4H2,1-3H3,(H,9,11)(H2,10,12,14,15). The molecule has 1 unspecified atom stereocenters. The molecular formula is C8H15N5O2. The van der Waals surface area contributed by atoms with Crippen molar-refractivity contribution in [2.75, 3.05) is 26.0 Å². The maximum Gasteiger partial charge on any atom is 0.342 e. The monoisotopic (exact) mass is 213 g/mol. The van der Waals surface area contributed by atoms with Crippen LogP contribution in [0.5, 0.6) is 0 Å². The Kier molecular flexibility index (Phi) is 3.62. The van der Waals surface area contributed by atoms with Crippen LogP contribution in [0, 0.1) is 0 Å². The molecule has 1 heterocycles. The van der Waals surface area contributed by atoms with Gasteiger partial charge in [-0.1, -0.05) is 0 Å². The molecule has 84 valence electrons. The summed E-state index contributed by atoms with van der Waals surface area (Å²) in [5.74, 6) is 0.129. The van der Waals surface area contributed by atoms with Crippen LogP contribution in [0.1, 0.15) is 6.92 Å². The number of nitrogens with one attached hydrogen (secondary N) is 3. The van der Waals surface area contributed by atoms with Crippen LogP contribution in [-0.4, -0.2) is 46.8 Å². The van der Waals surface area contributed by atoms with Gasteiger partial charge < -0.3 is 10.2 Å². The molecule has 0 saturated heterocycles. The summed E-state index contributed by atoms with van der Waals surface area (Å²) >= 11 is 0. The maximum absolute atomic E-state index is 11.2. The summed E-state index contributed by atoms with van der Waals surface area (Å²) in [6.45, 7) is 2.69. The van der Waals surface area contributed by atoms with E-state index in [4.69, 9.17) is 0 Å². The molecule has 0 bridgehead atoms. The molecule has 0 aliphatic heterocycles. The van der Waals surface area contributed by atoms with Crippen molar-refractivity contribution in [2.24, 2.45) is 0 Å². The summed E-state index contributed by atoms with van der Waals surface area (Å²) in [7, 11) is 3.87. The molecule has 0 saturated carbocycles. The van der Waals surface area contributed by atoms with Gasteiger partial charge in [-0.2, -0.15) is 0 Å². The number of aromatic amines is 2. The Labute approximate surface area is 86.5 Å². The number of aromatic nitrogens is 3. The normalized spacial score (nSPS) is 12.8. The van der Waals surface area contributed by atoms with Crippen molar-refractivity contribution in [3.63, 3.8) is 0 Å². The van der Waals surface area contributed by atoms with Crippen LogP contribution >= 0.6 is 0 Å². The van der Waals surface area contributed by atoms with Gasteiger partial charge in [-0.25, -0.2) is 9.89 Å². The zero-order valence-electron chi connectivity index (χ0n) is 9.00. The SMILES string of the molecule is CC(CN(C)C)Nc1n[nH]c(=O)[nH]c1=O. The first kappa shape index (κ1) is 11.4. The highest BCUT2D eigenvalue weighted by Gasteiger charge is 2.07. The van der Waals surface area contributed by atoms with Crippen LogP contribution in [0.3, 0.4) is 0 Å². The lowest BCUT2D eigenvalue weighted by Crippen LogP contribution is -2.34. The zero-order valence-corrected chi connectivity index (χ0v) is 9.00. The Bertz CT molecular complexity index is 422. The summed E-state index contributed by atoms with van der Waals surface area (Å²) in [6, 6.07) is 0.0690. The summed E-state index contributed by atoms with van der Waals surface area (Å²) in [5.41, 5.74) is -1.12. The lowest BCUT2D eigenvalue weighted by Gasteiger charge is -2.17. The Morgan fingerprint density at radius 1 is 1.47 bits per heavy atom. The van der Waals surface area contributed by atoms with Crippen molar-refractivity contribution in [3.8, 4) is 0 Å². The van der Waals surface area contributed by atoms with Crippen molar-refractivity contribution in [1.29, 1.82) is 0 Å². The van der Waals surface area contributed by atoms with E-state index < -0.39 is 11.2 Å². The minimum absolute atomic E-state index is 0.0690. The van der Waals surface area contributed by atoms with Crippen LogP contribution in [0.2, 0.25) is 0 Å². The van der Waals surface area contributed by atoms with E-state index in [9.17, 15) is 9.59 Å². The van der Waals surface area contributed by atoms with Crippen molar-refractivity contribution < 1.29 is 0 Å². The molecule has 0 spiro atoms. The molecule has 0 aromatic carbocycles. The Balaban J connectivity index is 2.73. The maximum atomic E-state index is 11.2. The third-order valence-corrected chi connectivity index (χ3v) is 1.73. The van der Waals surface area contributed by atoms with E-state index in [1.165, 1.54) is 0 Å². The van der Waals surface area contributed by atoms with Crippen molar-refractivity contribution >= 4 is 5.82 Å². The van der Waals surface area contributed by atoms with E-state index in [1.807, 2.05) is 25.9 Å². The molecule has 7 nitrogen and oxygen atoms in total. The van der Waals surface area contributed by atoms with Gasteiger partial charge in [-0.3, -0.25) is 9.78 Å². The van der Waals surface area contributed by atoms with Gasteiger partial charge in [0.1, 0.15) is 0 Å². The molecule has 15 heavy (non-hydrogen) atoms. The highest BCUT2D eigenvalue weighted by Crippen LogP contribution is 1.94. The number of hydrogen-bond donors (Lipinski definition) is 3. The lowest BCUT2D eigenvalue weighted by molar-refractivity contribution is 0.391. The third kappa shape index (κ3) is 3.55. The van der Waals surface area contributed by atoms with Gasteiger partial charge in [0.2, 0.25) is 5.82 Å². The molecule has 3 N–H and O–H groups in total. The molecule has 0 radical (unpaired) electrons. The second-order valence-corrected chi connectivity index (χ2v) is 3.66. The molecule has 1 rings (SSSR count). The molecule has 1 atom stereocenters. The topological polar surface area (TPSA) is 93.9 Å². The van der Waals surface area contributed by atoms with Gasteiger partial charge in [0.25, 0.3) is 5.56 Å². The smallest absolute Gasteiger partial charge is 0.342 e.